The Morgan fingerprint density at radius 3 is 2.66 bits per heavy atom. The number of ketones is 1. The molecule has 0 unspecified atom stereocenters. The maximum absolute atomic E-state index is 12.3. The van der Waals surface area contributed by atoms with Crippen molar-refractivity contribution in [3.05, 3.63) is 65.2 Å². The highest BCUT2D eigenvalue weighted by molar-refractivity contribution is 6.05. The molecule has 0 aliphatic heterocycles. The van der Waals surface area contributed by atoms with Gasteiger partial charge in [-0.05, 0) is 35.9 Å². The number of carbonyl (C=O) groups excluding carboxylic acids is 2. The molecule has 3 aromatic rings. The van der Waals surface area contributed by atoms with Crippen molar-refractivity contribution < 1.29 is 24.2 Å². The Labute approximate surface area is 165 Å². The molecule has 10 nitrogen and oxygen atoms in total. The largest absolute Gasteiger partial charge is 0.507 e. The van der Waals surface area contributed by atoms with Gasteiger partial charge in [-0.1, -0.05) is 12.1 Å². The molecule has 2 N–H and O–H groups in total. The first-order valence-electron chi connectivity index (χ1n) is 8.70. The quantitative estimate of drug-likeness (QED) is 0.255. The summed E-state index contributed by atoms with van der Waals surface area (Å²) in [6.07, 6.45) is 2.53. The van der Waals surface area contributed by atoms with Crippen molar-refractivity contribution in [3.63, 3.8) is 0 Å². The number of rotatable bonds is 8. The lowest BCUT2D eigenvalue weighted by molar-refractivity contribution is 0.0514. The van der Waals surface area contributed by atoms with E-state index in [2.05, 4.69) is 20.6 Å². The number of H-pyrrole nitrogens is 1. The third kappa shape index (κ3) is 4.67. The van der Waals surface area contributed by atoms with Gasteiger partial charge in [0, 0.05) is 24.4 Å². The second-order valence-corrected chi connectivity index (χ2v) is 5.94. The number of aromatic nitrogens is 5. The molecule has 2 heterocycles. The topological polar surface area (TPSA) is 132 Å². The Balaban J connectivity index is 1.91. The summed E-state index contributed by atoms with van der Waals surface area (Å²) < 4.78 is 11.9. The van der Waals surface area contributed by atoms with E-state index < -0.39 is 11.8 Å². The summed E-state index contributed by atoms with van der Waals surface area (Å²) in [6, 6.07) is 8.80. The number of ether oxygens (including phenoxy) is 2. The minimum Gasteiger partial charge on any atom is -0.507 e. The van der Waals surface area contributed by atoms with Crippen molar-refractivity contribution in [2.24, 2.45) is 0 Å². The first kappa shape index (κ1) is 19.8. The number of hydrogen-bond donors (Lipinski definition) is 2. The van der Waals surface area contributed by atoms with Crippen molar-refractivity contribution in [1.29, 1.82) is 0 Å². The first-order chi connectivity index (χ1) is 14.0. The molecular weight excluding hydrogens is 378 g/mol. The van der Waals surface area contributed by atoms with Gasteiger partial charge >= 0.3 is 5.97 Å². The number of hydrogen-bond acceptors (Lipinski definition) is 8. The minimum absolute atomic E-state index is 0.181. The fraction of sp³-hybridized carbons (Fsp3) is 0.211. The zero-order valence-corrected chi connectivity index (χ0v) is 15.8. The van der Waals surface area contributed by atoms with Gasteiger partial charge in [-0.2, -0.15) is 5.21 Å². The third-order valence-corrected chi connectivity index (χ3v) is 4.02. The van der Waals surface area contributed by atoms with Crippen LogP contribution < -0.4 is 4.74 Å². The monoisotopic (exact) mass is 397 g/mol. The van der Waals surface area contributed by atoms with E-state index in [0.717, 1.165) is 11.6 Å². The third-order valence-electron chi connectivity index (χ3n) is 4.02. The van der Waals surface area contributed by atoms with Gasteiger partial charge in [0.2, 0.25) is 11.6 Å². The molecule has 3 rings (SSSR count). The predicted molar refractivity (Wildman–Crippen MR) is 102 cm³/mol. The number of tetrazole rings is 1. The van der Waals surface area contributed by atoms with Gasteiger partial charge in [0.1, 0.15) is 17.2 Å². The van der Waals surface area contributed by atoms with Gasteiger partial charge in [-0.25, -0.2) is 4.79 Å². The summed E-state index contributed by atoms with van der Waals surface area (Å²) in [5.74, 6) is -0.965. The van der Waals surface area contributed by atoms with Gasteiger partial charge in [0.05, 0.1) is 13.7 Å². The number of aliphatic hydroxyl groups excluding tert-OH is 1. The molecule has 0 radical (unpaired) electrons. The van der Waals surface area contributed by atoms with Crippen LogP contribution in [0.15, 0.2) is 42.6 Å². The van der Waals surface area contributed by atoms with E-state index in [1.54, 1.807) is 24.8 Å². The van der Waals surface area contributed by atoms with E-state index in [-0.39, 0.29) is 29.4 Å². The van der Waals surface area contributed by atoms with Crippen molar-refractivity contribution in [2.75, 3.05) is 13.7 Å². The van der Waals surface area contributed by atoms with Crippen LogP contribution >= 0.6 is 0 Å². The maximum atomic E-state index is 12.3. The number of nitrogens with one attached hydrogen (secondary N) is 1. The van der Waals surface area contributed by atoms with Gasteiger partial charge in [0.25, 0.3) is 0 Å². The Bertz CT molecular complexity index is 1020. The van der Waals surface area contributed by atoms with Crippen molar-refractivity contribution in [1.82, 2.24) is 25.2 Å². The molecule has 0 atom stereocenters. The number of esters is 1. The summed E-state index contributed by atoms with van der Waals surface area (Å²) in [6.45, 7) is 2.26. The zero-order chi connectivity index (χ0) is 20.8. The van der Waals surface area contributed by atoms with Crippen LogP contribution in [-0.4, -0.2) is 55.8 Å². The molecule has 0 aliphatic carbocycles. The van der Waals surface area contributed by atoms with E-state index >= 15 is 0 Å². The summed E-state index contributed by atoms with van der Waals surface area (Å²) >= 11 is 0. The van der Waals surface area contributed by atoms with Crippen molar-refractivity contribution >= 4 is 17.5 Å². The van der Waals surface area contributed by atoms with Crippen LogP contribution in [0.25, 0.3) is 5.76 Å². The van der Waals surface area contributed by atoms with Crippen molar-refractivity contribution in [2.45, 2.75) is 13.5 Å². The first-order valence-corrected chi connectivity index (χ1v) is 8.70. The van der Waals surface area contributed by atoms with Gasteiger partial charge in [-0.15, -0.1) is 10.2 Å². The van der Waals surface area contributed by atoms with Crippen LogP contribution in [0.1, 0.15) is 39.2 Å². The fourth-order valence-electron chi connectivity index (χ4n) is 2.62. The van der Waals surface area contributed by atoms with Gasteiger partial charge in [0.15, 0.2) is 0 Å². The molecule has 0 amide bonds. The number of methoxy groups -OCH3 is 1. The molecule has 0 aliphatic rings. The summed E-state index contributed by atoms with van der Waals surface area (Å²) in [4.78, 5) is 24.4. The average molecular weight is 397 g/mol. The standard InChI is InChI=1S/C19H19N5O5/c1-3-29-19(27)15-8-13(16(25)9-17(26)18-20-22-23-21-18)11-24(15)10-12-4-6-14(28-2)7-5-12/h4-9,11,25H,3,10H2,1-2H3,(H,20,21,22,23). The highest BCUT2D eigenvalue weighted by atomic mass is 16.5. The van der Waals surface area contributed by atoms with Crippen molar-refractivity contribution in [3.8, 4) is 5.75 Å². The highest BCUT2D eigenvalue weighted by Crippen LogP contribution is 2.20. The van der Waals surface area contributed by atoms with Crippen LogP contribution in [-0.2, 0) is 11.3 Å². The predicted octanol–water partition coefficient (Wildman–Crippen LogP) is 2.02. The molecular formula is C19H19N5O5. The van der Waals surface area contributed by atoms with E-state index in [1.807, 2.05) is 24.3 Å². The molecule has 1 aromatic carbocycles. The normalized spacial score (nSPS) is 11.3. The molecule has 0 spiro atoms. The second-order valence-electron chi connectivity index (χ2n) is 5.94. The van der Waals surface area contributed by atoms with Gasteiger partial charge < -0.3 is 19.1 Å². The number of allylic oxidation sites excluding steroid dienone is 1. The van der Waals surface area contributed by atoms with Crippen LogP contribution in [0.2, 0.25) is 0 Å². The van der Waals surface area contributed by atoms with Crippen LogP contribution in [0.5, 0.6) is 5.75 Å². The maximum Gasteiger partial charge on any atom is 0.354 e. The Hall–Kier alpha value is -3.95. The summed E-state index contributed by atoms with van der Waals surface area (Å²) in [7, 11) is 1.58. The minimum atomic E-state index is -0.628. The zero-order valence-electron chi connectivity index (χ0n) is 15.8. The number of nitrogens with zero attached hydrogens (tertiary/aromatic N) is 4. The lowest BCUT2D eigenvalue weighted by atomic mass is 10.2. The molecule has 2 aromatic heterocycles. The molecule has 0 fully saturated rings. The van der Waals surface area contributed by atoms with E-state index in [0.29, 0.717) is 12.3 Å². The highest BCUT2D eigenvalue weighted by Gasteiger charge is 2.18. The lowest BCUT2D eigenvalue weighted by Crippen LogP contribution is -2.12. The SMILES string of the molecule is CCOC(=O)c1cc(C(O)=CC(=O)c2nn[nH]n2)cn1Cc1ccc(OC)cc1. The molecule has 29 heavy (non-hydrogen) atoms. The lowest BCUT2D eigenvalue weighted by Gasteiger charge is -2.09. The van der Waals surface area contributed by atoms with Crippen LogP contribution in [0.4, 0.5) is 0 Å². The van der Waals surface area contributed by atoms with Gasteiger partial charge in [-0.3, -0.25) is 4.79 Å². The number of aromatic amines is 1. The summed E-state index contributed by atoms with van der Waals surface area (Å²) in [5, 5.41) is 22.9. The number of aliphatic hydroxyl groups is 1. The smallest absolute Gasteiger partial charge is 0.354 e. The fourth-order valence-corrected chi connectivity index (χ4v) is 2.62. The van der Waals surface area contributed by atoms with Crippen LogP contribution in [0.3, 0.4) is 0 Å². The molecule has 0 saturated carbocycles. The Morgan fingerprint density at radius 1 is 1.28 bits per heavy atom. The van der Waals surface area contributed by atoms with E-state index in [1.165, 1.54) is 6.07 Å². The second kappa shape index (κ2) is 8.83. The molecule has 10 heteroatoms. The summed E-state index contributed by atoms with van der Waals surface area (Å²) in [5.41, 5.74) is 1.42. The molecule has 0 saturated heterocycles. The number of benzene rings is 1. The Kier molecular flexibility index (Phi) is 6.03. The molecule has 150 valence electrons. The Morgan fingerprint density at radius 2 is 2.03 bits per heavy atom. The van der Waals surface area contributed by atoms with E-state index in [9.17, 15) is 14.7 Å². The average Bonchev–Trinajstić information content (AvgIpc) is 3.39. The van der Waals surface area contributed by atoms with E-state index in [4.69, 9.17) is 9.47 Å². The number of carbonyl (C=O) groups is 2. The molecule has 0 bridgehead atoms. The van der Waals surface area contributed by atoms with Crippen LogP contribution in [0, 0.1) is 0 Å².